The zero-order valence-corrected chi connectivity index (χ0v) is 18.7. The van der Waals surface area contributed by atoms with Crippen LogP contribution in [0.1, 0.15) is 34.6 Å². The number of ether oxygens (including phenoxy) is 1. The number of aromatic amines is 1. The molecule has 1 amide bonds. The molecule has 0 aliphatic heterocycles. The van der Waals surface area contributed by atoms with Crippen LogP contribution in [0.5, 0.6) is 5.75 Å². The third-order valence-electron chi connectivity index (χ3n) is 5.03. The van der Waals surface area contributed by atoms with E-state index in [1.807, 2.05) is 13.8 Å². The Bertz CT molecular complexity index is 1140. The van der Waals surface area contributed by atoms with Crippen LogP contribution >= 0.6 is 12.4 Å². The maximum atomic E-state index is 12.6. The first-order valence-electron chi connectivity index (χ1n) is 10.1. The number of esters is 1. The van der Waals surface area contributed by atoms with Crippen molar-refractivity contribution in [3.8, 4) is 5.75 Å². The number of nitrogens with one attached hydrogen (secondary N) is 2. The van der Waals surface area contributed by atoms with Gasteiger partial charge < -0.3 is 25.0 Å². The van der Waals surface area contributed by atoms with Crippen LogP contribution < -0.4 is 10.9 Å². The Kier molecular flexibility index (Phi) is 8.80. The number of aromatic nitrogens is 1. The zero-order valence-electron chi connectivity index (χ0n) is 17.9. The summed E-state index contributed by atoms with van der Waals surface area (Å²) in [4.78, 5) is 41.8. The molecule has 0 aliphatic carbocycles. The van der Waals surface area contributed by atoms with E-state index >= 15 is 0 Å². The van der Waals surface area contributed by atoms with Crippen LogP contribution in [0.15, 0.2) is 53.3 Å². The number of benzene rings is 2. The Hall–Kier alpha value is -3.36. The van der Waals surface area contributed by atoms with Gasteiger partial charge in [-0.2, -0.15) is 0 Å². The minimum atomic E-state index is -0.751. The highest BCUT2D eigenvalue weighted by Crippen LogP contribution is 2.25. The molecular formula is C23H26ClN3O5. The van der Waals surface area contributed by atoms with E-state index in [1.165, 1.54) is 24.3 Å². The van der Waals surface area contributed by atoms with Gasteiger partial charge in [0, 0.05) is 17.6 Å². The molecule has 9 heteroatoms. The number of likely N-dealkylation sites (N-methyl/N-ethyl adjacent to an activating group) is 1. The molecule has 0 saturated carbocycles. The highest BCUT2D eigenvalue weighted by molar-refractivity contribution is 6.09. The molecule has 0 aliphatic rings. The summed E-state index contributed by atoms with van der Waals surface area (Å²) in [6, 6.07) is 12.8. The summed E-state index contributed by atoms with van der Waals surface area (Å²) in [6.07, 6.45) is 0. The smallest absolute Gasteiger partial charge is 0.338 e. The van der Waals surface area contributed by atoms with Crippen molar-refractivity contribution in [2.45, 2.75) is 13.8 Å². The van der Waals surface area contributed by atoms with Crippen LogP contribution in [-0.4, -0.2) is 53.1 Å². The number of aromatic hydroxyl groups is 1. The number of hydrogen-bond acceptors (Lipinski definition) is 6. The molecule has 3 N–H and O–H groups in total. The number of rotatable bonds is 8. The highest BCUT2D eigenvalue weighted by atomic mass is 35.5. The third kappa shape index (κ3) is 5.66. The Balaban J connectivity index is 0.00000363. The number of carbonyl (C=O) groups is 2. The largest absolute Gasteiger partial charge is 0.506 e. The molecule has 1 heterocycles. The lowest BCUT2D eigenvalue weighted by Gasteiger charge is -2.17. The summed E-state index contributed by atoms with van der Waals surface area (Å²) >= 11 is 0. The molecule has 0 spiro atoms. The second-order valence-corrected chi connectivity index (χ2v) is 6.92. The number of amides is 1. The molecule has 0 fully saturated rings. The van der Waals surface area contributed by atoms with Crippen molar-refractivity contribution in [1.29, 1.82) is 0 Å². The molecule has 3 rings (SSSR count). The summed E-state index contributed by atoms with van der Waals surface area (Å²) in [6.45, 7) is 6.82. The van der Waals surface area contributed by atoms with Gasteiger partial charge in [0.15, 0.2) is 0 Å². The number of nitrogens with zero attached hydrogens (tertiary/aromatic N) is 1. The van der Waals surface area contributed by atoms with Gasteiger partial charge in [-0.15, -0.1) is 12.4 Å². The molecule has 0 bridgehead atoms. The summed E-state index contributed by atoms with van der Waals surface area (Å²) in [5.41, 5.74) is 0.0895. The van der Waals surface area contributed by atoms with Gasteiger partial charge in [-0.3, -0.25) is 9.59 Å². The SMILES string of the molecule is CCN(CC)CCOC(=O)c1ccc(NC(=O)c2c(O)c3ccccc3[nH]c2=O)cc1.Cl. The number of fused-ring (bicyclic) bond motifs is 1. The normalized spacial score (nSPS) is 10.6. The second kappa shape index (κ2) is 11.3. The quantitative estimate of drug-likeness (QED) is 0.445. The van der Waals surface area contributed by atoms with Gasteiger partial charge in [0.1, 0.15) is 17.9 Å². The zero-order chi connectivity index (χ0) is 22.4. The predicted molar refractivity (Wildman–Crippen MR) is 126 cm³/mol. The van der Waals surface area contributed by atoms with E-state index in [0.29, 0.717) is 35.3 Å². The van der Waals surface area contributed by atoms with E-state index in [4.69, 9.17) is 4.74 Å². The van der Waals surface area contributed by atoms with E-state index in [1.54, 1.807) is 24.3 Å². The molecule has 0 atom stereocenters. The van der Waals surface area contributed by atoms with Gasteiger partial charge in [-0.05, 0) is 49.5 Å². The molecule has 0 saturated heterocycles. The molecule has 1 aromatic heterocycles. The van der Waals surface area contributed by atoms with Crippen LogP contribution in [0.2, 0.25) is 0 Å². The van der Waals surface area contributed by atoms with E-state index < -0.39 is 17.4 Å². The molecule has 170 valence electrons. The number of carbonyl (C=O) groups excluding carboxylic acids is 2. The second-order valence-electron chi connectivity index (χ2n) is 6.92. The van der Waals surface area contributed by atoms with Crippen LogP contribution in [0.25, 0.3) is 10.9 Å². The minimum absolute atomic E-state index is 0. The lowest BCUT2D eigenvalue weighted by atomic mass is 10.1. The molecule has 32 heavy (non-hydrogen) atoms. The Morgan fingerprint density at radius 3 is 2.38 bits per heavy atom. The average Bonchev–Trinajstić information content (AvgIpc) is 2.77. The van der Waals surface area contributed by atoms with Gasteiger partial charge in [-0.1, -0.05) is 26.0 Å². The molecule has 0 unspecified atom stereocenters. The fourth-order valence-corrected chi connectivity index (χ4v) is 3.21. The Morgan fingerprint density at radius 2 is 1.72 bits per heavy atom. The molecule has 8 nitrogen and oxygen atoms in total. The van der Waals surface area contributed by atoms with E-state index in [2.05, 4.69) is 15.2 Å². The van der Waals surface area contributed by atoms with Gasteiger partial charge in [0.25, 0.3) is 11.5 Å². The standard InChI is InChI=1S/C23H25N3O5.ClH/c1-3-26(4-2)13-14-31-23(30)15-9-11-16(12-10-15)24-21(28)19-20(27)17-7-5-6-8-18(17)25-22(19)29;/h5-12H,3-4,13-14H2,1-2H3,(H,24,28)(H2,25,27,29);1H. The van der Waals surface area contributed by atoms with Crippen molar-refractivity contribution in [1.82, 2.24) is 9.88 Å². The van der Waals surface area contributed by atoms with Crippen molar-refractivity contribution in [3.05, 3.63) is 70.0 Å². The van der Waals surface area contributed by atoms with Gasteiger partial charge in [0.05, 0.1) is 11.1 Å². The lowest BCUT2D eigenvalue weighted by Crippen LogP contribution is -2.27. The van der Waals surface area contributed by atoms with Crippen LogP contribution in [-0.2, 0) is 4.74 Å². The van der Waals surface area contributed by atoms with Crippen LogP contribution in [0.3, 0.4) is 0 Å². The van der Waals surface area contributed by atoms with Gasteiger partial charge >= 0.3 is 5.97 Å². The van der Waals surface area contributed by atoms with Gasteiger partial charge in [0.2, 0.25) is 0 Å². The van der Waals surface area contributed by atoms with Crippen LogP contribution in [0.4, 0.5) is 5.69 Å². The number of anilines is 1. The average molecular weight is 460 g/mol. The molecule has 0 radical (unpaired) electrons. The fraction of sp³-hybridized carbons (Fsp3) is 0.261. The van der Waals surface area contributed by atoms with Crippen molar-refractivity contribution in [2.75, 3.05) is 31.6 Å². The van der Waals surface area contributed by atoms with Crippen molar-refractivity contribution < 1.29 is 19.4 Å². The van der Waals surface area contributed by atoms with E-state index in [0.717, 1.165) is 13.1 Å². The lowest BCUT2D eigenvalue weighted by molar-refractivity contribution is 0.0466. The number of hydrogen-bond donors (Lipinski definition) is 3. The summed E-state index contributed by atoms with van der Waals surface area (Å²) in [7, 11) is 0. The monoisotopic (exact) mass is 459 g/mol. The van der Waals surface area contributed by atoms with Crippen molar-refractivity contribution >= 4 is 40.9 Å². The van der Waals surface area contributed by atoms with E-state index in [9.17, 15) is 19.5 Å². The fourth-order valence-electron chi connectivity index (χ4n) is 3.21. The van der Waals surface area contributed by atoms with Crippen LogP contribution in [0, 0.1) is 0 Å². The first kappa shape index (κ1) is 24.9. The van der Waals surface area contributed by atoms with E-state index in [-0.39, 0.29) is 23.7 Å². The van der Waals surface area contributed by atoms with Gasteiger partial charge in [-0.25, -0.2) is 4.79 Å². The molecular weight excluding hydrogens is 434 g/mol. The number of para-hydroxylation sites is 1. The number of pyridine rings is 1. The summed E-state index contributed by atoms with van der Waals surface area (Å²) in [5, 5.41) is 13.3. The number of halogens is 1. The Morgan fingerprint density at radius 1 is 1.06 bits per heavy atom. The third-order valence-corrected chi connectivity index (χ3v) is 5.03. The van der Waals surface area contributed by atoms with Crippen molar-refractivity contribution in [3.63, 3.8) is 0 Å². The molecule has 2 aromatic carbocycles. The summed E-state index contributed by atoms with van der Waals surface area (Å²) in [5.74, 6) is -1.59. The molecule has 3 aromatic rings. The predicted octanol–water partition coefficient (Wildman–Crippen LogP) is 3.41. The summed E-state index contributed by atoms with van der Waals surface area (Å²) < 4.78 is 5.28. The highest BCUT2D eigenvalue weighted by Gasteiger charge is 2.19. The maximum Gasteiger partial charge on any atom is 0.338 e. The van der Waals surface area contributed by atoms with Crippen molar-refractivity contribution in [2.24, 2.45) is 0 Å². The Labute approximate surface area is 191 Å². The minimum Gasteiger partial charge on any atom is -0.506 e. The first-order valence-corrected chi connectivity index (χ1v) is 10.1. The maximum absolute atomic E-state index is 12.6. The topological polar surface area (TPSA) is 112 Å². The first-order chi connectivity index (χ1) is 14.9. The number of H-pyrrole nitrogens is 1.